The molecule has 2 rings (SSSR count). The van der Waals surface area contributed by atoms with Crippen LogP contribution < -0.4 is 5.43 Å². The van der Waals surface area contributed by atoms with E-state index in [1.165, 1.54) is 24.3 Å². The van der Waals surface area contributed by atoms with Gasteiger partial charge in [-0.2, -0.15) is 5.10 Å². The highest BCUT2D eigenvalue weighted by molar-refractivity contribution is 5.94. The number of nitrogens with one attached hydrogen (secondary N) is 1. The van der Waals surface area contributed by atoms with Crippen LogP contribution in [0.4, 0.5) is 0 Å². The lowest BCUT2D eigenvalue weighted by atomic mass is 10.2. The lowest BCUT2D eigenvalue weighted by Gasteiger charge is -2.04. The number of phenols is 1. The summed E-state index contributed by atoms with van der Waals surface area (Å²) in [6.45, 7) is 4.18. The van der Waals surface area contributed by atoms with Crippen molar-refractivity contribution >= 4 is 12.1 Å². The minimum Gasteiger partial charge on any atom is -0.508 e. The predicted octanol–water partition coefficient (Wildman–Crippen LogP) is 2.54. The largest absolute Gasteiger partial charge is 0.508 e. The van der Waals surface area contributed by atoms with Gasteiger partial charge >= 0.3 is 0 Å². The summed E-state index contributed by atoms with van der Waals surface area (Å²) in [5.74, 6) is -0.190. The van der Waals surface area contributed by atoms with Gasteiger partial charge in [-0.3, -0.25) is 4.79 Å². The molecule has 0 radical (unpaired) electrons. The van der Waals surface area contributed by atoms with Gasteiger partial charge in [-0.15, -0.1) is 0 Å². The topological polar surface area (TPSA) is 66.6 Å². The van der Waals surface area contributed by atoms with E-state index >= 15 is 0 Å². The van der Waals surface area contributed by atoms with Gasteiger partial charge in [-0.1, -0.05) is 0 Å². The highest BCUT2D eigenvalue weighted by Gasteiger charge is 2.03. The summed E-state index contributed by atoms with van der Waals surface area (Å²) < 4.78 is 2.06. The molecule has 0 aliphatic carbocycles. The fourth-order valence-corrected chi connectivity index (χ4v) is 1.67. The van der Waals surface area contributed by atoms with Crippen LogP contribution in [-0.4, -0.2) is 21.8 Å². The predicted molar refractivity (Wildman–Crippen MR) is 78.0 cm³/mol. The summed E-state index contributed by atoms with van der Waals surface area (Å²) >= 11 is 0. The van der Waals surface area contributed by atoms with Crippen LogP contribution in [0.3, 0.4) is 0 Å². The number of hydrogen-bond acceptors (Lipinski definition) is 3. The van der Waals surface area contributed by atoms with Crippen molar-refractivity contribution in [1.29, 1.82) is 0 Å². The molecular weight excluding hydrogens is 254 g/mol. The van der Waals surface area contributed by atoms with E-state index in [0.717, 1.165) is 5.56 Å². The highest BCUT2D eigenvalue weighted by Crippen LogP contribution is 2.09. The fraction of sp³-hybridized carbons (Fsp3) is 0.200. The monoisotopic (exact) mass is 271 g/mol. The van der Waals surface area contributed by atoms with Crippen molar-refractivity contribution in [3.05, 3.63) is 53.9 Å². The number of hydrazone groups is 1. The number of aromatic nitrogens is 1. The lowest BCUT2D eigenvalue weighted by molar-refractivity contribution is 0.0955. The van der Waals surface area contributed by atoms with Crippen LogP contribution in [0.2, 0.25) is 0 Å². The van der Waals surface area contributed by atoms with Crippen molar-refractivity contribution in [3.8, 4) is 5.75 Å². The van der Waals surface area contributed by atoms with Crippen molar-refractivity contribution in [2.75, 3.05) is 0 Å². The first-order chi connectivity index (χ1) is 9.56. The van der Waals surface area contributed by atoms with E-state index in [9.17, 15) is 4.79 Å². The summed E-state index contributed by atoms with van der Waals surface area (Å²) in [5.41, 5.74) is 3.81. The number of amides is 1. The van der Waals surface area contributed by atoms with Crippen molar-refractivity contribution in [2.24, 2.45) is 5.10 Å². The number of benzene rings is 1. The summed E-state index contributed by atoms with van der Waals surface area (Å²) in [6.07, 6.45) is 5.52. The zero-order valence-electron chi connectivity index (χ0n) is 11.4. The molecule has 0 saturated carbocycles. The number of hydrogen-bond donors (Lipinski definition) is 2. The average molecular weight is 271 g/mol. The Morgan fingerprint density at radius 2 is 2.00 bits per heavy atom. The SMILES string of the molecule is CC(C)n1ccc(/C=N\NC(=O)c2ccc(O)cc2)c1. The molecule has 0 atom stereocenters. The fourth-order valence-electron chi connectivity index (χ4n) is 1.67. The van der Waals surface area contributed by atoms with Crippen LogP contribution >= 0.6 is 0 Å². The Morgan fingerprint density at radius 1 is 1.30 bits per heavy atom. The molecule has 0 spiro atoms. The molecule has 5 heteroatoms. The van der Waals surface area contributed by atoms with E-state index in [0.29, 0.717) is 11.6 Å². The molecule has 104 valence electrons. The van der Waals surface area contributed by atoms with Crippen LogP contribution in [-0.2, 0) is 0 Å². The molecule has 0 fully saturated rings. The van der Waals surface area contributed by atoms with Gasteiger partial charge in [0.1, 0.15) is 5.75 Å². The second kappa shape index (κ2) is 6.06. The molecule has 1 amide bonds. The van der Waals surface area contributed by atoms with Gasteiger partial charge in [-0.25, -0.2) is 5.43 Å². The lowest BCUT2D eigenvalue weighted by Crippen LogP contribution is -2.17. The Kier molecular flexibility index (Phi) is 4.20. The molecule has 1 heterocycles. The second-order valence-corrected chi connectivity index (χ2v) is 4.73. The van der Waals surface area contributed by atoms with Crippen molar-refractivity contribution < 1.29 is 9.90 Å². The minimum atomic E-state index is -0.315. The van der Waals surface area contributed by atoms with E-state index in [2.05, 4.69) is 28.9 Å². The van der Waals surface area contributed by atoms with Crippen LogP contribution in [0.5, 0.6) is 5.75 Å². The van der Waals surface area contributed by atoms with Crippen LogP contribution in [0.1, 0.15) is 35.8 Å². The third-order valence-electron chi connectivity index (χ3n) is 2.84. The van der Waals surface area contributed by atoms with Gasteiger partial charge in [0.2, 0.25) is 0 Å². The van der Waals surface area contributed by atoms with Gasteiger partial charge in [0.15, 0.2) is 0 Å². The summed E-state index contributed by atoms with van der Waals surface area (Å²) in [6, 6.07) is 8.31. The molecule has 2 aromatic rings. The standard InChI is InChI=1S/C15H17N3O2/c1-11(2)18-8-7-12(10-18)9-16-17-15(20)13-3-5-14(19)6-4-13/h3-11,19H,1-2H3,(H,17,20)/b16-9-. The summed E-state index contributed by atoms with van der Waals surface area (Å²) in [5, 5.41) is 13.1. The van der Waals surface area contributed by atoms with Gasteiger partial charge in [-0.05, 0) is 44.2 Å². The zero-order chi connectivity index (χ0) is 14.5. The van der Waals surface area contributed by atoms with Crippen molar-refractivity contribution in [2.45, 2.75) is 19.9 Å². The number of carbonyl (C=O) groups excluding carboxylic acids is 1. The van der Waals surface area contributed by atoms with Crippen LogP contribution in [0.15, 0.2) is 47.8 Å². The first-order valence-electron chi connectivity index (χ1n) is 6.36. The molecule has 0 saturated heterocycles. The summed E-state index contributed by atoms with van der Waals surface area (Å²) in [4.78, 5) is 11.7. The number of rotatable bonds is 4. The maximum absolute atomic E-state index is 11.7. The molecule has 2 N–H and O–H groups in total. The van der Waals surface area contributed by atoms with Crippen LogP contribution in [0, 0.1) is 0 Å². The second-order valence-electron chi connectivity index (χ2n) is 4.73. The molecule has 1 aromatic heterocycles. The molecule has 0 unspecified atom stereocenters. The Hall–Kier alpha value is -2.56. The Bertz CT molecular complexity index is 612. The summed E-state index contributed by atoms with van der Waals surface area (Å²) in [7, 11) is 0. The van der Waals surface area contributed by atoms with E-state index in [1.807, 2.05) is 18.5 Å². The molecular formula is C15H17N3O2. The average Bonchev–Trinajstić information content (AvgIpc) is 2.88. The van der Waals surface area contributed by atoms with Gasteiger partial charge < -0.3 is 9.67 Å². The molecule has 20 heavy (non-hydrogen) atoms. The number of phenolic OH excluding ortho intramolecular Hbond substituents is 1. The molecule has 5 nitrogen and oxygen atoms in total. The molecule has 0 aliphatic rings. The Labute approximate surface area is 117 Å². The smallest absolute Gasteiger partial charge is 0.271 e. The minimum absolute atomic E-state index is 0.125. The van der Waals surface area contributed by atoms with Gasteiger partial charge in [0.05, 0.1) is 6.21 Å². The number of nitrogens with zero attached hydrogens (tertiary/aromatic N) is 2. The highest BCUT2D eigenvalue weighted by atomic mass is 16.3. The maximum Gasteiger partial charge on any atom is 0.271 e. The number of carbonyl (C=O) groups is 1. The molecule has 0 aliphatic heterocycles. The van der Waals surface area contributed by atoms with E-state index in [-0.39, 0.29) is 11.7 Å². The molecule has 1 aromatic carbocycles. The molecule has 0 bridgehead atoms. The first kappa shape index (κ1) is 13.9. The zero-order valence-corrected chi connectivity index (χ0v) is 11.4. The van der Waals surface area contributed by atoms with E-state index in [4.69, 9.17) is 5.11 Å². The quantitative estimate of drug-likeness (QED) is 0.663. The van der Waals surface area contributed by atoms with E-state index < -0.39 is 0 Å². The van der Waals surface area contributed by atoms with Crippen LogP contribution in [0.25, 0.3) is 0 Å². The number of aromatic hydroxyl groups is 1. The first-order valence-corrected chi connectivity index (χ1v) is 6.36. The van der Waals surface area contributed by atoms with Gasteiger partial charge in [0, 0.05) is 29.6 Å². The third kappa shape index (κ3) is 3.47. The Morgan fingerprint density at radius 3 is 2.60 bits per heavy atom. The third-order valence-corrected chi connectivity index (χ3v) is 2.84. The van der Waals surface area contributed by atoms with E-state index in [1.54, 1.807) is 6.21 Å². The van der Waals surface area contributed by atoms with Gasteiger partial charge in [0.25, 0.3) is 5.91 Å². The van der Waals surface area contributed by atoms with Crippen molar-refractivity contribution in [1.82, 2.24) is 9.99 Å². The normalized spacial score (nSPS) is 11.2. The Balaban J connectivity index is 1.95. The maximum atomic E-state index is 11.7. The van der Waals surface area contributed by atoms with Crippen molar-refractivity contribution in [3.63, 3.8) is 0 Å².